The molecule has 1 aromatic rings. The van der Waals surface area contributed by atoms with Crippen molar-refractivity contribution < 1.29 is 4.79 Å². The van der Waals surface area contributed by atoms with Gasteiger partial charge in [-0.2, -0.15) is 0 Å². The van der Waals surface area contributed by atoms with Crippen LogP contribution in [0.5, 0.6) is 0 Å². The number of nitrogens with one attached hydrogen (secondary N) is 2. The van der Waals surface area contributed by atoms with Gasteiger partial charge in [-0.15, -0.1) is 24.8 Å². The van der Waals surface area contributed by atoms with Gasteiger partial charge in [-0.05, 0) is 63.0 Å². The molecule has 3 rings (SSSR count). The van der Waals surface area contributed by atoms with Gasteiger partial charge in [0.1, 0.15) is 0 Å². The highest BCUT2D eigenvalue weighted by Gasteiger charge is 2.17. The van der Waals surface area contributed by atoms with E-state index in [0.717, 1.165) is 25.2 Å². The summed E-state index contributed by atoms with van der Waals surface area (Å²) < 4.78 is 0. The maximum atomic E-state index is 12.0. The maximum absolute atomic E-state index is 12.0. The maximum Gasteiger partial charge on any atom is 0.225 e. The first-order chi connectivity index (χ1) is 11.3. The fraction of sp³-hybridized carbons (Fsp3) is 0.632. The summed E-state index contributed by atoms with van der Waals surface area (Å²) in [4.78, 5) is 14.6. The van der Waals surface area contributed by atoms with Crippen LogP contribution >= 0.6 is 24.8 Å². The number of amides is 1. The first-order valence-corrected chi connectivity index (χ1v) is 9.14. The summed E-state index contributed by atoms with van der Waals surface area (Å²) in [6, 6.07) is 8.72. The lowest BCUT2D eigenvalue weighted by Gasteiger charge is -2.19. The molecule has 2 N–H and O–H groups in total. The second-order valence-electron chi connectivity index (χ2n) is 6.93. The summed E-state index contributed by atoms with van der Waals surface area (Å²) in [5.74, 6) is 0.115. The van der Waals surface area contributed by atoms with E-state index in [9.17, 15) is 4.79 Å². The minimum atomic E-state index is 0. The van der Waals surface area contributed by atoms with Crippen LogP contribution in [0.2, 0.25) is 0 Å². The first-order valence-electron chi connectivity index (χ1n) is 9.14. The van der Waals surface area contributed by atoms with Gasteiger partial charge in [0.25, 0.3) is 0 Å². The molecule has 0 spiro atoms. The minimum Gasteiger partial charge on any atom is -0.326 e. The van der Waals surface area contributed by atoms with Crippen LogP contribution in [0, 0.1) is 0 Å². The summed E-state index contributed by atoms with van der Waals surface area (Å²) in [7, 11) is 0. The molecule has 1 unspecified atom stereocenters. The zero-order valence-electron chi connectivity index (χ0n) is 14.8. The molecule has 0 bridgehead atoms. The zero-order chi connectivity index (χ0) is 15.9. The summed E-state index contributed by atoms with van der Waals surface area (Å²) in [5.41, 5.74) is 2.25. The van der Waals surface area contributed by atoms with Crippen LogP contribution in [0.15, 0.2) is 24.3 Å². The molecule has 1 atom stereocenters. The Kier molecular flexibility index (Phi) is 10.4. The van der Waals surface area contributed by atoms with Crippen molar-refractivity contribution in [1.29, 1.82) is 0 Å². The molecule has 2 heterocycles. The molecule has 6 heteroatoms. The summed E-state index contributed by atoms with van der Waals surface area (Å²) in [6.07, 6.45) is 8.27. The van der Waals surface area contributed by atoms with Crippen LogP contribution < -0.4 is 10.6 Å². The van der Waals surface area contributed by atoms with Gasteiger partial charge in [0.2, 0.25) is 5.91 Å². The highest BCUT2D eigenvalue weighted by Crippen LogP contribution is 2.16. The minimum absolute atomic E-state index is 0. The van der Waals surface area contributed by atoms with Crippen molar-refractivity contribution in [2.45, 2.75) is 57.5 Å². The standard InChI is InChI=1S/C19H29N3O.2ClH/c23-19(14-18-6-5-11-20-18)21-17-9-7-16(8-10-17)15-22-12-3-1-2-4-13-22;;/h7-10,18,20H,1-6,11-15H2,(H,21,23);2*1H. The summed E-state index contributed by atoms with van der Waals surface area (Å²) in [6.45, 7) is 4.50. The van der Waals surface area contributed by atoms with Gasteiger partial charge in [-0.3, -0.25) is 9.69 Å². The van der Waals surface area contributed by atoms with Gasteiger partial charge in [-0.1, -0.05) is 25.0 Å². The average Bonchev–Trinajstić information content (AvgIpc) is 2.91. The number of halogens is 2. The summed E-state index contributed by atoms with van der Waals surface area (Å²) >= 11 is 0. The van der Waals surface area contributed by atoms with Gasteiger partial charge in [0, 0.05) is 24.7 Å². The van der Waals surface area contributed by atoms with Crippen LogP contribution in [0.1, 0.15) is 50.5 Å². The summed E-state index contributed by atoms with van der Waals surface area (Å²) in [5, 5.41) is 6.38. The van der Waals surface area contributed by atoms with Crippen molar-refractivity contribution in [3.8, 4) is 0 Å². The molecule has 2 fully saturated rings. The third-order valence-corrected chi connectivity index (χ3v) is 4.94. The number of rotatable bonds is 5. The molecular weight excluding hydrogens is 357 g/mol. The van der Waals surface area contributed by atoms with E-state index in [1.165, 1.54) is 50.8 Å². The van der Waals surface area contributed by atoms with E-state index in [1.807, 2.05) is 12.1 Å². The molecule has 4 nitrogen and oxygen atoms in total. The monoisotopic (exact) mass is 387 g/mol. The Hall–Kier alpha value is -0.810. The quantitative estimate of drug-likeness (QED) is 0.802. The topological polar surface area (TPSA) is 44.4 Å². The molecule has 0 saturated carbocycles. The SMILES string of the molecule is Cl.Cl.O=C(CC1CCCN1)Nc1ccc(CN2CCCCCC2)cc1. The second kappa shape index (κ2) is 11.7. The zero-order valence-corrected chi connectivity index (χ0v) is 16.5. The fourth-order valence-corrected chi connectivity index (χ4v) is 3.61. The third-order valence-electron chi connectivity index (χ3n) is 4.94. The lowest BCUT2D eigenvalue weighted by Crippen LogP contribution is -2.27. The Morgan fingerprint density at radius 1 is 1.04 bits per heavy atom. The Labute approximate surface area is 163 Å². The highest BCUT2D eigenvalue weighted by molar-refractivity contribution is 5.91. The van der Waals surface area contributed by atoms with E-state index in [4.69, 9.17) is 0 Å². The van der Waals surface area contributed by atoms with Crippen LogP contribution in [0.25, 0.3) is 0 Å². The van der Waals surface area contributed by atoms with E-state index in [1.54, 1.807) is 0 Å². The number of hydrogen-bond donors (Lipinski definition) is 2. The molecule has 0 aliphatic carbocycles. The van der Waals surface area contributed by atoms with Crippen molar-refractivity contribution in [3.63, 3.8) is 0 Å². The number of nitrogens with zero attached hydrogens (tertiary/aromatic N) is 1. The van der Waals surface area contributed by atoms with Crippen LogP contribution in [0.3, 0.4) is 0 Å². The molecule has 0 radical (unpaired) electrons. The van der Waals surface area contributed by atoms with Crippen LogP contribution in [0.4, 0.5) is 5.69 Å². The van der Waals surface area contributed by atoms with Crippen LogP contribution in [-0.4, -0.2) is 36.5 Å². The van der Waals surface area contributed by atoms with Crippen molar-refractivity contribution in [2.24, 2.45) is 0 Å². The molecule has 2 aliphatic heterocycles. The molecule has 25 heavy (non-hydrogen) atoms. The van der Waals surface area contributed by atoms with Crippen molar-refractivity contribution in [2.75, 3.05) is 25.0 Å². The van der Waals surface area contributed by atoms with Crippen LogP contribution in [-0.2, 0) is 11.3 Å². The van der Waals surface area contributed by atoms with Gasteiger partial charge < -0.3 is 10.6 Å². The van der Waals surface area contributed by atoms with E-state index in [0.29, 0.717) is 12.5 Å². The molecule has 1 aromatic carbocycles. The third kappa shape index (κ3) is 7.53. The molecule has 2 saturated heterocycles. The molecule has 142 valence electrons. The molecule has 1 amide bonds. The lowest BCUT2D eigenvalue weighted by atomic mass is 10.1. The second-order valence-corrected chi connectivity index (χ2v) is 6.93. The van der Waals surface area contributed by atoms with Crippen molar-refractivity contribution in [3.05, 3.63) is 29.8 Å². The molecule has 2 aliphatic rings. The number of benzene rings is 1. The Balaban J connectivity index is 0.00000156. The fourth-order valence-electron chi connectivity index (χ4n) is 3.61. The lowest BCUT2D eigenvalue weighted by molar-refractivity contribution is -0.116. The first kappa shape index (κ1) is 22.2. The van der Waals surface area contributed by atoms with E-state index >= 15 is 0 Å². The van der Waals surface area contributed by atoms with Crippen molar-refractivity contribution >= 4 is 36.4 Å². The smallest absolute Gasteiger partial charge is 0.225 e. The number of hydrogen-bond acceptors (Lipinski definition) is 3. The number of likely N-dealkylation sites (tertiary alicyclic amines) is 1. The van der Waals surface area contributed by atoms with E-state index < -0.39 is 0 Å². The van der Waals surface area contributed by atoms with E-state index in [-0.39, 0.29) is 30.7 Å². The number of carbonyl (C=O) groups is 1. The molecular formula is C19H31Cl2N3O. The Morgan fingerprint density at radius 3 is 2.32 bits per heavy atom. The predicted molar refractivity (Wildman–Crippen MR) is 109 cm³/mol. The highest BCUT2D eigenvalue weighted by atomic mass is 35.5. The number of carbonyl (C=O) groups excluding carboxylic acids is 1. The Bertz CT molecular complexity index is 496. The normalized spacial score (nSPS) is 20.9. The van der Waals surface area contributed by atoms with E-state index in [2.05, 4.69) is 27.7 Å². The Morgan fingerprint density at radius 2 is 1.72 bits per heavy atom. The molecule has 0 aromatic heterocycles. The van der Waals surface area contributed by atoms with Gasteiger partial charge in [-0.25, -0.2) is 0 Å². The largest absolute Gasteiger partial charge is 0.326 e. The number of anilines is 1. The predicted octanol–water partition coefficient (Wildman–Crippen LogP) is 3.99. The van der Waals surface area contributed by atoms with Crippen molar-refractivity contribution in [1.82, 2.24) is 10.2 Å². The van der Waals surface area contributed by atoms with Gasteiger partial charge in [0.05, 0.1) is 0 Å². The average molecular weight is 388 g/mol. The van der Waals surface area contributed by atoms with Gasteiger partial charge >= 0.3 is 0 Å². The van der Waals surface area contributed by atoms with Gasteiger partial charge in [0.15, 0.2) is 0 Å².